The van der Waals surface area contributed by atoms with Gasteiger partial charge in [-0.2, -0.15) is 0 Å². The number of hydrogen-bond donors (Lipinski definition) is 1. The van der Waals surface area contributed by atoms with Gasteiger partial charge < -0.3 is 5.32 Å². The Morgan fingerprint density at radius 1 is 0.933 bits per heavy atom. The summed E-state index contributed by atoms with van der Waals surface area (Å²) in [6, 6.07) is 17.5. The Labute approximate surface area is 178 Å². The van der Waals surface area contributed by atoms with E-state index >= 15 is 0 Å². The zero-order chi connectivity index (χ0) is 20.6. The van der Waals surface area contributed by atoms with Gasteiger partial charge in [-0.1, -0.05) is 30.3 Å². The number of benzene rings is 2. The van der Waals surface area contributed by atoms with Gasteiger partial charge in [0.2, 0.25) is 0 Å². The van der Waals surface area contributed by atoms with Gasteiger partial charge in [0.25, 0.3) is 0 Å². The van der Waals surface area contributed by atoms with Crippen molar-refractivity contribution in [3.8, 4) is 11.3 Å². The van der Waals surface area contributed by atoms with E-state index in [2.05, 4.69) is 39.5 Å². The van der Waals surface area contributed by atoms with Crippen molar-refractivity contribution in [1.29, 1.82) is 0 Å². The summed E-state index contributed by atoms with van der Waals surface area (Å²) in [4.78, 5) is 11.7. The molecule has 0 amide bonds. The van der Waals surface area contributed by atoms with Crippen molar-refractivity contribution in [3.05, 3.63) is 83.6 Å². The summed E-state index contributed by atoms with van der Waals surface area (Å²) in [5.41, 5.74) is 4.43. The second kappa shape index (κ2) is 10.4. The predicted octanol–water partition coefficient (Wildman–Crippen LogP) is 4.25. The Kier molecular flexibility index (Phi) is 7.16. The van der Waals surface area contributed by atoms with E-state index in [-0.39, 0.29) is 5.82 Å². The summed E-state index contributed by atoms with van der Waals surface area (Å²) in [5.74, 6) is 0.662. The van der Waals surface area contributed by atoms with Crippen LogP contribution < -0.4 is 5.32 Å². The number of halogens is 1. The normalized spacial score (nSPS) is 15.1. The molecule has 5 heteroatoms. The topological polar surface area (TPSA) is 41.1 Å². The highest BCUT2D eigenvalue weighted by atomic mass is 19.1. The molecule has 0 spiro atoms. The zero-order valence-corrected chi connectivity index (χ0v) is 17.4. The van der Waals surface area contributed by atoms with E-state index in [0.717, 1.165) is 74.6 Å². The fourth-order valence-corrected chi connectivity index (χ4v) is 3.97. The highest BCUT2D eigenvalue weighted by Gasteiger charge is 2.10. The second-order valence-electron chi connectivity index (χ2n) is 7.92. The van der Waals surface area contributed by atoms with Crippen LogP contribution in [0.15, 0.2) is 60.8 Å². The Hall–Kier alpha value is -2.63. The SMILES string of the molecule is Fc1cccc(CCCc2nccc(-c3cccc(CN4CCCNCC4)c3)n2)c1. The van der Waals surface area contributed by atoms with E-state index in [0.29, 0.717) is 0 Å². The Morgan fingerprint density at radius 3 is 2.77 bits per heavy atom. The number of aromatic nitrogens is 2. The number of hydrogen-bond acceptors (Lipinski definition) is 4. The lowest BCUT2D eigenvalue weighted by molar-refractivity contribution is 0.284. The van der Waals surface area contributed by atoms with Crippen LogP contribution in [0.2, 0.25) is 0 Å². The predicted molar refractivity (Wildman–Crippen MR) is 119 cm³/mol. The van der Waals surface area contributed by atoms with E-state index in [1.807, 2.05) is 18.3 Å². The van der Waals surface area contributed by atoms with Crippen molar-refractivity contribution >= 4 is 0 Å². The molecule has 0 aliphatic carbocycles. The minimum absolute atomic E-state index is 0.179. The van der Waals surface area contributed by atoms with Crippen molar-refractivity contribution in [1.82, 2.24) is 20.2 Å². The molecule has 156 valence electrons. The van der Waals surface area contributed by atoms with Gasteiger partial charge >= 0.3 is 0 Å². The fraction of sp³-hybridized carbons (Fsp3) is 0.360. The maximum atomic E-state index is 13.3. The minimum atomic E-state index is -0.179. The molecule has 0 radical (unpaired) electrons. The Balaban J connectivity index is 1.39. The highest BCUT2D eigenvalue weighted by molar-refractivity contribution is 5.59. The zero-order valence-electron chi connectivity index (χ0n) is 17.4. The molecule has 1 aromatic heterocycles. The third-order valence-electron chi connectivity index (χ3n) is 5.52. The lowest BCUT2D eigenvalue weighted by Gasteiger charge is -2.19. The van der Waals surface area contributed by atoms with Crippen molar-refractivity contribution < 1.29 is 4.39 Å². The average molecular weight is 405 g/mol. The number of nitrogens with one attached hydrogen (secondary N) is 1. The van der Waals surface area contributed by atoms with E-state index in [9.17, 15) is 4.39 Å². The van der Waals surface area contributed by atoms with Crippen LogP contribution in [0, 0.1) is 5.82 Å². The first-order valence-electron chi connectivity index (χ1n) is 10.8. The maximum Gasteiger partial charge on any atom is 0.128 e. The van der Waals surface area contributed by atoms with Crippen LogP contribution >= 0.6 is 0 Å². The summed E-state index contributed by atoms with van der Waals surface area (Å²) in [5, 5.41) is 3.46. The molecule has 1 fully saturated rings. The molecule has 30 heavy (non-hydrogen) atoms. The van der Waals surface area contributed by atoms with Crippen molar-refractivity contribution in [3.63, 3.8) is 0 Å². The van der Waals surface area contributed by atoms with E-state index in [1.54, 1.807) is 12.1 Å². The summed E-state index contributed by atoms with van der Waals surface area (Å²) in [6.45, 7) is 5.37. The number of nitrogens with zero attached hydrogens (tertiary/aromatic N) is 3. The average Bonchev–Trinajstić information content (AvgIpc) is 3.03. The first-order valence-corrected chi connectivity index (χ1v) is 10.8. The first kappa shape index (κ1) is 20.6. The molecule has 1 aliphatic heterocycles. The molecule has 1 saturated heterocycles. The molecular formula is C25H29FN4. The standard InChI is InChI=1S/C25H29FN4/c26-23-9-2-5-20(18-23)6-3-10-25-28-13-11-24(29-25)22-8-1-7-21(17-22)19-30-15-4-12-27-14-16-30/h1-2,5,7-9,11,13,17-18,27H,3-4,6,10,12,14-16,19H2. The third kappa shape index (κ3) is 5.94. The van der Waals surface area contributed by atoms with E-state index in [1.165, 1.54) is 18.1 Å². The Morgan fingerprint density at radius 2 is 1.83 bits per heavy atom. The molecule has 4 rings (SSSR count). The minimum Gasteiger partial charge on any atom is -0.315 e. The molecule has 2 heterocycles. The van der Waals surface area contributed by atoms with Crippen LogP contribution in [-0.2, 0) is 19.4 Å². The van der Waals surface area contributed by atoms with Crippen LogP contribution in [0.5, 0.6) is 0 Å². The van der Waals surface area contributed by atoms with Gasteiger partial charge in [0.1, 0.15) is 11.6 Å². The molecule has 0 bridgehead atoms. The molecule has 2 aromatic carbocycles. The van der Waals surface area contributed by atoms with E-state index < -0.39 is 0 Å². The Bertz CT molecular complexity index is 951. The fourth-order valence-electron chi connectivity index (χ4n) is 3.97. The first-order chi connectivity index (χ1) is 14.8. The quantitative estimate of drug-likeness (QED) is 0.639. The van der Waals surface area contributed by atoms with Gasteiger partial charge in [-0.25, -0.2) is 14.4 Å². The smallest absolute Gasteiger partial charge is 0.128 e. The molecule has 0 saturated carbocycles. The molecule has 0 atom stereocenters. The largest absolute Gasteiger partial charge is 0.315 e. The summed E-state index contributed by atoms with van der Waals surface area (Å²) in [6.07, 6.45) is 5.55. The van der Waals surface area contributed by atoms with Gasteiger partial charge in [-0.05, 0) is 67.7 Å². The molecule has 4 nitrogen and oxygen atoms in total. The van der Waals surface area contributed by atoms with Gasteiger partial charge in [-0.15, -0.1) is 0 Å². The summed E-state index contributed by atoms with van der Waals surface area (Å²) < 4.78 is 13.3. The molecule has 3 aromatic rings. The van der Waals surface area contributed by atoms with Crippen LogP contribution in [-0.4, -0.2) is 41.0 Å². The second-order valence-corrected chi connectivity index (χ2v) is 7.92. The van der Waals surface area contributed by atoms with Crippen LogP contribution in [0.4, 0.5) is 4.39 Å². The van der Waals surface area contributed by atoms with Gasteiger partial charge in [-0.3, -0.25) is 4.90 Å². The third-order valence-corrected chi connectivity index (χ3v) is 5.52. The monoisotopic (exact) mass is 404 g/mol. The summed E-state index contributed by atoms with van der Waals surface area (Å²) in [7, 11) is 0. The molecule has 1 N–H and O–H groups in total. The maximum absolute atomic E-state index is 13.3. The van der Waals surface area contributed by atoms with Crippen molar-refractivity contribution in [2.24, 2.45) is 0 Å². The summed E-state index contributed by atoms with van der Waals surface area (Å²) >= 11 is 0. The molecule has 1 aliphatic rings. The van der Waals surface area contributed by atoms with E-state index in [4.69, 9.17) is 4.98 Å². The van der Waals surface area contributed by atoms with Crippen LogP contribution in [0.1, 0.15) is 29.8 Å². The number of aryl methyl sites for hydroxylation is 2. The van der Waals surface area contributed by atoms with Gasteiger partial charge in [0, 0.05) is 37.8 Å². The number of rotatable bonds is 7. The highest BCUT2D eigenvalue weighted by Crippen LogP contribution is 2.20. The van der Waals surface area contributed by atoms with Crippen molar-refractivity contribution in [2.45, 2.75) is 32.2 Å². The van der Waals surface area contributed by atoms with Gasteiger partial charge in [0.05, 0.1) is 5.69 Å². The lowest BCUT2D eigenvalue weighted by Crippen LogP contribution is -2.27. The molecule has 0 unspecified atom stereocenters. The van der Waals surface area contributed by atoms with Gasteiger partial charge in [0.15, 0.2) is 0 Å². The van der Waals surface area contributed by atoms with Crippen molar-refractivity contribution in [2.75, 3.05) is 26.2 Å². The van der Waals surface area contributed by atoms with Crippen LogP contribution in [0.3, 0.4) is 0 Å². The lowest BCUT2D eigenvalue weighted by atomic mass is 10.1. The van der Waals surface area contributed by atoms with Crippen LogP contribution in [0.25, 0.3) is 11.3 Å². The molecular weight excluding hydrogens is 375 g/mol.